The summed E-state index contributed by atoms with van der Waals surface area (Å²) in [5.74, 6) is -1.13. The largest absolute Gasteiger partial charge is 0.364 e. The molecule has 0 aliphatic rings. The van der Waals surface area contributed by atoms with E-state index in [9.17, 15) is 8.78 Å². The highest BCUT2D eigenvalue weighted by Gasteiger charge is 2.17. The quantitative estimate of drug-likeness (QED) is 0.889. The predicted octanol–water partition coefficient (Wildman–Crippen LogP) is 3.34. The minimum absolute atomic E-state index is 0.0307. The van der Waals surface area contributed by atoms with Crippen molar-refractivity contribution in [2.24, 2.45) is 5.73 Å². The Balaban J connectivity index is 2.20. The Hall–Kier alpha value is -1.53. The van der Waals surface area contributed by atoms with Crippen molar-refractivity contribution in [3.63, 3.8) is 0 Å². The Morgan fingerprint density at radius 1 is 1.33 bits per heavy atom. The minimum Gasteiger partial charge on any atom is -0.364 e. The van der Waals surface area contributed by atoms with Gasteiger partial charge < -0.3 is 10.6 Å². The fourth-order valence-electron chi connectivity index (χ4n) is 2.19. The van der Waals surface area contributed by atoms with E-state index in [4.69, 9.17) is 5.73 Å². The van der Waals surface area contributed by atoms with Gasteiger partial charge in [0.2, 0.25) is 0 Å². The molecule has 1 unspecified atom stereocenters. The average Bonchev–Trinajstić information content (AvgIpc) is 2.90. The molecule has 0 saturated heterocycles. The van der Waals surface area contributed by atoms with Crippen molar-refractivity contribution >= 4 is 17.0 Å². The van der Waals surface area contributed by atoms with Crippen LogP contribution in [0.2, 0.25) is 0 Å². The van der Waals surface area contributed by atoms with Crippen LogP contribution in [0.3, 0.4) is 0 Å². The fourth-order valence-corrected chi connectivity index (χ4v) is 2.73. The molecule has 1 aromatic carbocycles. The van der Waals surface area contributed by atoms with Gasteiger partial charge in [-0.05, 0) is 30.5 Å². The third-order valence-corrected chi connectivity index (χ3v) is 4.00. The summed E-state index contributed by atoms with van der Waals surface area (Å²) >= 11 is 1.46. The van der Waals surface area contributed by atoms with Gasteiger partial charge in [-0.3, -0.25) is 0 Å². The number of hydrogen-bond acceptors (Lipinski definition) is 4. The molecule has 6 heteroatoms. The van der Waals surface area contributed by atoms with E-state index >= 15 is 0 Å². The maximum atomic E-state index is 14.2. The third kappa shape index (κ3) is 3.98. The second kappa shape index (κ2) is 6.95. The van der Waals surface area contributed by atoms with E-state index in [2.05, 4.69) is 4.98 Å². The van der Waals surface area contributed by atoms with Gasteiger partial charge in [-0.2, -0.15) is 0 Å². The molecule has 0 radical (unpaired) electrons. The zero-order valence-electron chi connectivity index (χ0n) is 12.1. The number of nitrogens with two attached hydrogens (primary N) is 1. The van der Waals surface area contributed by atoms with Crippen molar-refractivity contribution in [2.45, 2.75) is 32.4 Å². The van der Waals surface area contributed by atoms with Crippen LogP contribution in [0.25, 0.3) is 0 Å². The zero-order valence-corrected chi connectivity index (χ0v) is 13.0. The summed E-state index contributed by atoms with van der Waals surface area (Å²) in [5, 5.41) is 1.86. The number of benzene rings is 1. The maximum Gasteiger partial charge on any atom is 0.149 e. The molecule has 0 aliphatic carbocycles. The summed E-state index contributed by atoms with van der Waals surface area (Å²) in [6.45, 7) is 2.32. The molecular weight excluding hydrogens is 292 g/mol. The maximum absolute atomic E-state index is 14.2. The van der Waals surface area contributed by atoms with E-state index in [-0.39, 0.29) is 11.7 Å². The van der Waals surface area contributed by atoms with Crippen molar-refractivity contribution in [3.05, 3.63) is 45.9 Å². The molecule has 0 fully saturated rings. The van der Waals surface area contributed by atoms with Gasteiger partial charge in [-0.25, -0.2) is 13.8 Å². The van der Waals surface area contributed by atoms with Gasteiger partial charge in [0, 0.05) is 18.5 Å². The highest BCUT2D eigenvalue weighted by molar-refractivity contribution is 7.07. The number of aromatic nitrogens is 1. The molecular formula is C15H19F2N3S. The third-order valence-electron chi connectivity index (χ3n) is 3.36. The van der Waals surface area contributed by atoms with Crippen molar-refractivity contribution in [1.29, 1.82) is 0 Å². The molecule has 1 aromatic heterocycles. The van der Waals surface area contributed by atoms with Gasteiger partial charge in [0.05, 0.1) is 17.7 Å². The Morgan fingerprint density at radius 3 is 2.52 bits per heavy atom. The van der Waals surface area contributed by atoms with Crippen molar-refractivity contribution in [3.8, 4) is 0 Å². The molecule has 0 aliphatic heterocycles. The number of halogens is 2. The lowest BCUT2D eigenvalue weighted by Gasteiger charge is -2.20. The Bertz CT molecular complexity index is 564. The monoisotopic (exact) mass is 311 g/mol. The van der Waals surface area contributed by atoms with Crippen molar-refractivity contribution in [2.75, 3.05) is 11.9 Å². The molecule has 0 saturated carbocycles. The summed E-state index contributed by atoms with van der Waals surface area (Å²) in [6, 6.07) is 2.65. The van der Waals surface area contributed by atoms with Crippen LogP contribution in [-0.4, -0.2) is 18.1 Å². The van der Waals surface area contributed by atoms with E-state index in [0.29, 0.717) is 18.5 Å². The van der Waals surface area contributed by atoms with Gasteiger partial charge >= 0.3 is 0 Å². The van der Waals surface area contributed by atoms with Gasteiger partial charge in [-0.1, -0.05) is 6.92 Å². The first kappa shape index (κ1) is 15.9. The lowest BCUT2D eigenvalue weighted by molar-refractivity contribution is 0.567. The lowest BCUT2D eigenvalue weighted by Crippen LogP contribution is -2.22. The standard InChI is InChI=1S/C15H19F2N3S/c1-3-11(18)4-10-5-13(16)15(14(17)6-10)20(2)7-12-8-21-9-19-12/h5-6,8-9,11H,3-4,7,18H2,1-2H3. The van der Waals surface area contributed by atoms with E-state index in [1.54, 1.807) is 12.6 Å². The summed E-state index contributed by atoms with van der Waals surface area (Å²) < 4.78 is 28.4. The second-order valence-corrected chi connectivity index (χ2v) is 5.84. The molecule has 2 rings (SSSR count). The highest BCUT2D eigenvalue weighted by Crippen LogP contribution is 2.26. The van der Waals surface area contributed by atoms with Crippen LogP contribution in [0.15, 0.2) is 23.0 Å². The first-order valence-corrected chi connectivity index (χ1v) is 7.77. The van der Waals surface area contributed by atoms with E-state index in [1.807, 2.05) is 12.3 Å². The molecule has 114 valence electrons. The fraction of sp³-hybridized carbons (Fsp3) is 0.400. The first-order chi connectivity index (χ1) is 10.0. The summed E-state index contributed by atoms with van der Waals surface area (Å²) in [5.41, 5.74) is 8.88. The highest BCUT2D eigenvalue weighted by atomic mass is 32.1. The average molecular weight is 311 g/mol. The van der Waals surface area contributed by atoms with Gasteiger partial charge in [0.25, 0.3) is 0 Å². The van der Waals surface area contributed by atoms with Crippen LogP contribution in [0.5, 0.6) is 0 Å². The summed E-state index contributed by atoms with van der Waals surface area (Å²) in [4.78, 5) is 5.66. The van der Waals surface area contributed by atoms with Crippen LogP contribution in [0, 0.1) is 11.6 Å². The molecule has 0 bridgehead atoms. The second-order valence-electron chi connectivity index (χ2n) is 5.12. The van der Waals surface area contributed by atoms with Gasteiger partial charge in [-0.15, -0.1) is 11.3 Å². The van der Waals surface area contributed by atoms with Crippen LogP contribution in [-0.2, 0) is 13.0 Å². The minimum atomic E-state index is -0.564. The molecule has 2 N–H and O–H groups in total. The van der Waals surface area contributed by atoms with E-state index in [0.717, 1.165) is 12.1 Å². The normalized spacial score (nSPS) is 12.4. The Labute approximate surface area is 127 Å². The molecule has 2 aromatic rings. The number of hydrogen-bond donors (Lipinski definition) is 1. The van der Waals surface area contributed by atoms with Crippen LogP contribution in [0.1, 0.15) is 24.6 Å². The molecule has 1 atom stereocenters. The van der Waals surface area contributed by atoms with Crippen molar-refractivity contribution < 1.29 is 8.78 Å². The van der Waals surface area contributed by atoms with Crippen LogP contribution >= 0.6 is 11.3 Å². The smallest absolute Gasteiger partial charge is 0.149 e. The molecule has 0 amide bonds. The SMILES string of the molecule is CCC(N)Cc1cc(F)c(N(C)Cc2cscn2)c(F)c1. The van der Waals surface area contributed by atoms with Crippen LogP contribution < -0.4 is 10.6 Å². The number of rotatable bonds is 6. The lowest BCUT2D eigenvalue weighted by atomic mass is 10.0. The molecule has 0 spiro atoms. The van der Waals surface area contributed by atoms with E-state index in [1.165, 1.54) is 28.4 Å². The van der Waals surface area contributed by atoms with Crippen LogP contribution in [0.4, 0.5) is 14.5 Å². The zero-order chi connectivity index (χ0) is 15.4. The number of nitrogens with zero attached hydrogens (tertiary/aromatic N) is 2. The molecule has 21 heavy (non-hydrogen) atoms. The molecule has 1 heterocycles. The Kier molecular flexibility index (Phi) is 5.25. The van der Waals surface area contributed by atoms with Crippen molar-refractivity contribution in [1.82, 2.24) is 4.98 Å². The molecule has 3 nitrogen and oxygen atoms in total. The Morgan fingerprint density at radius 2 is 2.00 bits per heavy atom. The number of anilines is 1. The predicted molar refractivity (Wildman–Crippen MR) is 82.5 cm³/mol. The van der Waals surface area contributed by atoms with Gasteiger partial charge in [0.15, 0.2) is 0 Å². The van der Waals surface area contributed by atoms with E-state index < -0.39 is 11.6 Å². The van der Waals surface area contributed by atoms with Gasteiger partial charge in [0.1, 0.15) is 17.3 Å². The topological polar surface area (TPSA) is 42.1 Å². The number of thiazole rings is 1. The first-order valence-electron chi connectivity index (χ1n) is 6.83. The summed E-state index contributed by atoms with van der Waals surface area (Å²) in [7, 11) is 1.65. The summed E-state index contributed by atoms with van der Waals surface area (Å²) in [6.07, 6.45) is 1.25.